The molecule has 8 aromatic carbocycles. The summed E-state index contributed by atoms with van der Waals surface area (Å²) >= 11 is 1.85. The van der Waals surface area contributed by atoms with Crippen molar-refractivity contribution in [2.75, 3.05) is 16.3 Å². The van der Waals surface area contributed by atoms with Crippen molar-refractivity contribution in [3.63, 3.8) is 0 Å². The highest BCUT2D eigenvalue weighted by Crippen LogP contribution is 2.54. The van der Waals surface area contributed by atoms with Crippen LogP contribution < -0.4 is 9.80 Å². The molecule has 2 nitrogen and oxygen atoms in total. The lowest BCUT2D eigenvalue weighted by Gasteiger charge is -2.32. The Morgan fingerprint density at radius 2 is 0.935 bits per heavy atom. The molecule has 0 N–H and O–H groups in total. The summed E-state index contributed by atoms with van der Waals surface area (Å²) in [5, 5.41) is 0. The molecular weight excluding hydrogens is 769 g/mol. The summed E-state index contributed by atoms with van der Waals surface area (Å²) in [6, 6.07) is 63.8. The molecule has 0 atom stereocenters. The molecule has 0 aromatic heterocycles. The molecule has 8 aromatic rings. The summed E-state index contributed by atoms with van der Waals surface area (Å²) in [5.41, 5.74) is 23.5. The van der Waals surface area contributed by atoms with E-state index in [0.717, 1.165) is 13.0 Å². The van der Waals surface area contributed by atoms with Gasteiger partial charge in [-0.1, -0.05) is 161 Å². The molecule has 3 heteroatoms. The second-order valence-electron chi connectivity index (χ2n) is 18.5. The van der Waals surface area contributed by atoms with Crippen LogP contribution in [0.25, 0.3) is 45.5 Å². The number of anilines is 5. The molecule has 0 saturated carbocycles. The molecule has 0 spiro atoms. The van der Waals surface area contributed by atoms with Crippen LogP contribution in [0.15, 0.2) is 180 Å². The standard InChI is InChI=1S/C59H48N2S/c1-58(2)49-34-38(19-20-39-22-30-46-48-32-28-44(37-52(48)59(3,4)50(46)35-39)60-33-11-13-41-12-5-6-14-53(41)60)21-29-45(49)47-31-25-42(36-51(47)58)40-23-26-43(27-24-40)61-54-15-7-9-17-56(54)62-57-18-10-8-16-55(57)61/h5-10,12,14-32,34-37H,11,13,33H2,1-4H3/b20-19+. The molecule has 12 rings (SSSR count). The monoisotopic (exact) mass is 816 g/mol. The molecule has 4 aliphatic rings. The quantitative estimate of drug-likeness (QED) is 0.160. The molecule has 2 aliphatic carbocycles. The minimum absolute atomic E-state index is 0.0882. The van der Waals surface area contributed by atoms with Gasteiger partial charge in [-0.2, -0.15) is 0 Å². The maximum atomic E-state index is 2.52. The SMILES string of the molecule is CC1(C)c2cc(/C=C/c3ccc4c(c3)C(C)(C)c3cc(N5CCCc6ccccc65)ccc3-4)ccc2-c2ccc(-c3ccc(N4c5ccccc5Sc5ccccc54)cc3)cc21. The van der Waals surface area contributed by atoms with Crippen LogP contribution in [0.3, 0.4) is 0 Å². The van der Waals surface area contributed by atoms with Gasteiger partial charge in [-0.3, -0.25) is 0 Å². The van der Waals surface area contributed by atoms with E-state index in [-0.39, 0.29) is 10.8 Å². The third-order valence-corrected chi connectivity index (χ3v) is 15.3. The predicted molar refractivity (Wildman–Crippen MR) is 263 cm³/mol. The van der Waals surface area contributed by atoms with Gasteiger partial charge in [0.05, 0.1) is 11.4 Å². The maximum absolute atomic E-state index is 2.52. The van der Waals surface area contributed by atoms with Crippen LogP contribution in [0.1, 0.15) is 73.1 Å². The third-order valence-electron chi connectivity index (χ3n) is 14.2. The average Bonchev–Trinajstić information content (AvgIpc) is 3.67. The second kappa shape index (κ2) is 14.0. The Balaban J connectivity index is 0.799. The molecule has 2 aliphatic heterocycles. The lowest BCUT2D eigenvalue weighted by atomic mass is 9.81. The summed E-state index contributed by atoms with van der Waals surface area (Å²) in [5.74, 6) is 0. The Bertz CT molecular complexity index is 3100. The maximum Gasteiger partial charge on any atom is 0.0601 e. The molecule has 62 heavy (non-hydrogen) atoms. The van der Waals surface area contributed by atoms with E-state index in [4.69, 9.17) is 0 Å². The van der Waals surface area contributed by atoms with Crippen molar-refractivity contribution in [2.45, 2.75) is 61.2 Å². The smallest absolute Gasteiger partial charge is 0.0601 e. The Kier molecular flexibility index (Phi) is 8.40. The Labute approximate surface area is 370 Å². The van der Waals surface area contributed by atoms with Crippen molar-refractivity contribution in [2.24, 2.45) is 0 Å². The topological polar surface area (TPSA) is 6.48 Å². The van der Waals surface area contributed by atoms with Gasteiger partial charge in [0.1, 0.15) is 0 Å². The minimum atomic E-state index is -0.123. The molecule has 0 bridgehead atoms. The van der Waals surface area contributed by atoms with Gasteiger partial charge >= 0.3 is 0 Å². The highest BCUT2D eigenvalue weighted by atomic mass is 32.2. The van der Waals surface area contributed by atoms with E-state index in [1.54, 1.807) is 0 Å². The van der Waals surface area contributed by atoms with E-state index >= 15 is 0 Å². The van der Waals surface area contributed by atoms with Gasteiger partial charge in [-0.25, -0.2) is 0 Å². The Morgan fingerprint density at radius 3 is 1.56 bits per heavy atom. The van der Waals surface area contributed by atoms with Crippen molar-refractivity contribution >= 4 is 52.4 Å². The zero-order valence-electron chi connectivity index (χ0n) is 35.7. The lowest BCUT2D eigenvalue weighted by Crippen LogP contribution is -2.25. The van der Waals surface area contributed by atoms with Gasteiger partial charge in [-0.15, -0.1) is 0 Å². The molecule has 0 saturated heterocycles. The van der Waals surface area contributed by atoms with Gasteiger partial charge in [0.25, 0.3) is 0 Å². The number of para-hydroxylation sites is 3. The van der Waals surface area contributed by atoms with Crippen molar-refractivity contribution < 1.29 is 0 Å². The molecular formula is C59H48N2S. The third kappa shape index (κ3) is 5.78. The molecule has 0 radical (unpaired) electrons. The van der Waals surface area contributed by atoms with Crippen molar-refractivity contribution in [3.8, 4) is 33.4 Å². The number of hydrogen-bond acceptors (Lipinski definition) is 3. The summed E-state index contributed by atoms with van der Waals surface area (Å²) in [4.78, 5) is 7.48. The summed E-state index contributed by atoms with van der Waals surface area (Å²) in [6.45, 7) is 10.6. The highest BCUT2D eigenvalue weighted by Gasteiger charge is 2.37. The highest BCUT2D eigenvalue weighted by molar-refractivity contribution is 7.99. The first-order valence-electron chi connectivity index (χ1n) is 22.1. The predicted octanol–water partition coefficient (Wildman–Crippen LogP) is 16.2. The first kappa shape index (κ1) is 37.2. The fourth-order valence-electron chi connectivity index (χ4n) is 10.8. The van der Waals surface area contributed by atoms with E-state index < -0.39 is 0 Å². The van der Waals surface area contributed by atoms with E-state index in [1.807, 2.05) is 11.8 Å². The van der Waals surface area contributed by atoms with Gasteiger partial charge in [0.15, 0.2) is 0 Å². The van der Waals surface area contributed by atoms with E-state index in [1.165, 1.54) is 117 Å². The number of nitrogens with zero attached hydrogens (tertiary/aromatic N) is 2. The van der Waals surface area contributed by atoms with Crippen LogP contribution in [0.5, 0.6) is 0 Å². The number of rotatable bonds is 5. The van der Waals surface area contributed by atoms with Crippen molar-refractivity contribution in [1.29, 1.82) is 0 Å². The Morgan fingerprint density at radius 1 is 0.452 bits per heavy atom. The number of aryl methyl sites for hydroxylation is 1. The fourth-order valence-corrected chi connectivity index (χ4v) is 11.9. The van der Waals surface area contributed by atoms with E-state index in [0.29, 0.717) is 0 Å². The summed E-state index contributed by atoms with van der Waals surface area (Å²) in [7, 11) is 0. The van der Waals surface area contributed by atoms with Crippen molar-refractivity contribution in [1.82, 2.24) is 0 Å². The second-order valence-corrected chi connectivity index (χ2v) is 19.6. The first-order chi connectivity index (χ1) is 30.2. The van der Waals surface area contributed by atoms with Crippen LogP contribution in [0.4, 0.5) is 28.4 Å². The van der Waals surface area contributed by atoms with Crippen LogP contribution in [-0.2, 0) is 17.3 Å². The van der Waals surface area contributed by atoms with Gasteiger partial charge in [0, 0.05) is 44.2 Å². The van der Waals surface area contributed by atoms with Crippen LogP contribution in [0, 0.1) is 0 Å². The van der Waals surface area contributed by atoms with Gasteiger partial charge < -0.3 is 9.80 Å². The fraction of sp³-hybridized carbons (Fsp3) is 0.153. The zero-order chi connectivity index (χ0) is 41.7. The van der Waals surface area contributed by atoms with Crippen LogP contribution in [-0.4, -0.2) is 6.54 Å². The molecule has 0 fully saturated rings. The molecule has 300 valence electrons. The van der Waals surface area contributed by atoms with Crippen LogP contribution >= 0.6 is 11.8 Å². The van der Waals surface area contributed by atoms with Crippen LogP contribution in [0.2, 0.25) is 0 Å². The summed E-state index contributed by atoms with van der Waals surface area (Å²) < 4.78 is 0. The summed E-state index contributed by atoms with van der Waals surface area (Å²) in [6.07, 6.45) is 6.94. The number of hydrogen-bond donors (Lipinski definition) is 0. The number of benzene rings is 8. The zero-order valence-corrected chi connectivity index (χ0v) is 36.6. The first-order valence-corrected chi connectivity index (χ1v) is 22.9. The molecule has 2 heterocycles. The molecule has 0 amide bonds. The van der Waals surface area contributed by atoms with E-state index in [9.17, 15) is 0 Å². The number of fused-ring (bicyclic) bond motifs is 9. The largest absolute Gasteiger partial charge is 0.341 e. The normalized spacial score (nSPS) is 15.9. The van der Waals surface area contributed by atoms with E-state index in [2.05, 4.69) is 220 Å². The van der Waals surface area contributed by atoms with Crippen molar-refractivity contribution in [3.05, 3.63) is 209 Å². The van der Waals surface area contributed by atoms with Gasteiger partial charge in [0.2, 0.25) is 0 Å². The average molecular weight is 817 g/mol. The minimum Gasteiger partial charge on any atom is -0.341 e. The lowest BCUT2D eigenvalue weighted by molar-refractivity contribution is 0.659. The Hall–Kier alpha value is -6.55. The van der Waals surface area contributed by atoms with Gasteiger partial charge in [-0.05, 0) is 146 Å². The molecule has 0 unspecified atom stereocenters.